The molecule has 0 saturated heterocycles. The third kappa shape index (κ3) is 5.41. The normalized spacial score (nSPS) is 14.6. The number of carbonyl (C=O) groups is 2. The molecular weight excluding hydrogens is 406 g/mol. The molecule has 1 aliphatic heterocycles. The van der Waals surface area contributed by atoms with E-state index in [1.54, 1.807) is 24.3 Å². The van der Waals surface area contributed by atoms with Crippen LogP contribution in [0.15, 0.2) is 52.3 Å². The van der Waals surface area contributed by atoms with Gasteiger partial charge in [0.2, 0.25) is 0 Å². The Hall–Kier alpha value is -2.28. The van der Waals surface area contributed by atoms with Crippen LogP contribution in [0.3, 0.4) is 0 Å². The van der Waals surface area contributed by atoms with E-state index < -0.39 is 0 Å². The number of rotatable bonds is 7. The van der Waals surface area contributed by atoms with E-state index in [9.17, 15) is 9.59 Å². The average Bonchev–Trinajstić information content (AvgIpc) is 2.73. The number of halogens is 1. The third-order valence-electron chi connectivity index (χ3n) is 4.89. The highest BCUT2D eigenvalue weighted by Crippen LogP contribution is 2.39. The molecule has 0 bridgehead atoms. The van der Waals surface area contributed by atoms with Crippen LogP contribution in [0.4, 0.5) is 5.69 Å². The van der Waals surface area contributed by atoms with Gasteiger partial charge in [-0.05, 0) is 49.8 Å². The lowest BCUT2D eigenvalue weighted by atomic mass is 10.1. The second-order valence-electron chi connectivity index (χ2n) is 6.76. The van der Waals surface area contributed by atoms with Crippen LogP contribution in [0.1, 0.15) is 29.8 Å². The molecule has 3 rings (SSSR count). The number of anilines is 1. The fourth-order valence-corrected chi connectivity index (χ4v) is 4.21. The number of carbonyl (C=O) groups excluding carboxylic acids is 2. The molecule has 7 heteroatoms. The molecule has 0 radical (unpaired) electrons. The number of hydrogen-bond donors (Lipinski definition) is 3. The Morgan fingerprint density at radius 3 is 2.69 bits per heavy atom. The highest BCUT2D eigenvalue weighted by atomic mass is 35.5. The van der Waals surface area contributed by atoms with Gasteiger partial charge in [-0.2, -0.15) is 0 Å². The van der Waals surface area contributed by atoms with Crippen molar-refractivity contribution in [3.8, 4) is 0 Å². The van der Waals surface area contributed by atoms with Gasteiger partial charge in [-0.3, -0.25) is 9.59 Å². The smallest absolute Gasteiger partial charge is 0.262 e. The molecule has 0 atom stereocenters. The van der Waals surface area contributed by atoms with Crippen molar-refractivity contribution in [2.45, 2.75) is 18.7 Å². The summed E-state index contributed by atoms with van der Waals surface area (Å²) in [6.07, 6.45) is 1.78. The number of likely N-dealkylation sites (N-methyl/N-ethyl adjacent to an activating group) is 1. The van der Waals surface area contributed by atoms with E-state index in [1.165, 1.54) is 16.7 Å². The van der Waals surface area contributed by atoms with Crippen LogP contribution in [0, 0.1) is 0 Å². The van der Waals surface area contributed by atoms with E-state index in [4.69, 9.17) is 11.6 Å². The van der Waals surface area contributed by atoms with Gasteiger partial charge in [0.15, 0.2) is 0 Å². The van der Waals surface area contributed by atoms with Crippen molar-refractivity contribution in [1.29, 1.82) is 0 Å². The summed E-state index contributed by atoms with van der Waals surface area (Å²) >= 11 is 7.57. The van der Waals surface area contributed by atoms with E-state index in [-0.39, 0.29) is 11.8 Å². The Kier molecular flexibility index (Phi) is 7.36. The number of hydrogen-bond acceptors (Lipinski definition) is 3. The summed E-state index contributed by atoms with van der Waals surface area (Å²) in [4.78, 5) is 27.9. The van der Waals surface area contributed by atoms with Crippen molar-refractivity contribution in [3.05, 3.63) is 63.5 Å². The number of thioether (sulfide) groups is 1. The highest BCUT2D eigenvalue weighted by molar-refractivity contribution is 8.04. The fraction of sp³-hybridized carbons (Fsp3) is 0.273. The van der Waals surface area contributed by atoms with E-state index in [1.807, 2.05) is 24.3 Å². The number of fused-ring (bicyclic) bond motifs is 1. The summed E-state index contributed by atoms with van der Waals surface area (Å²) in [5, 5.41) is 6.44. The fourth-order valence-electron chi connectivity index (χ4n) is 3.09. The Morgan fingerprint density at radius 2 is 1.97 bits per heavy atom. The Labute approximate surface area is 180 Å². The Morgan fingerprint density at radius 1 is 1.21 bits per heavy atom. The predicted molar refractivity (Wildman–Crippen MR) is 120 cm³/mol. The number of benzene rings is 2. The molecule has 1 aliphatic rings. The van der Waals surface area contributed by atoms with Gasteiger partial charge in [0.1, 0.15) is 0 Å². The van der Waals surface area contributed by atoms with Crippen molar-refractivity contribution in [1.82, 2.24) is 5.32 Å². The quantitative estimate of drug-likeness (QED) is 0.591. The first-order chi connectivity index (χ1) is 14.0. The van der Waals surface area contributed by atoms with Crippen molar-refractivity contribution >= 4 is 46.9 Å². The van der Waals surface area contributed by atoms with E-state index >= 15 is 0 Å². The van der Waals surface area contributed by atoms with Crippen LogP contribution in [0.2, 0.25) is 5.02 Å². The summed E-state index contributed by atoms with van der Waals surface area (Å²) in [5.74, 6) is -0.332. The molecule has 29 heavy (non-hydrogen) atoms. The van der Waals surface area contributed by atoms with Crippen molar-refractivity contribution in [2.75, 3.05) is 31.5 Å². The molecule has 2 amide bonds. The molecular formula is C22H25ClN3O2S+. The minimum Gasteiger partial charge on any atom is -0.346 e. The minimum absolute atomic E-state index is 0.129. The van der Waals surface area contributed by atoms with Gasteiger partial charge >= 0.3 is 0 Å². The molecule has 0 unspecified atom stereocenters. The Bertz CT molecular complexity index is 941. The third-order valence-corrected chi connectivity index (χ3v) is 6.33. The molecule has 0 saturated carbocycles. The van der Waals surface area contributed by atoms with Gasteiger partial charge in [-0.25, -0.2) is 0 Å². The second-order valence-corrected chi connectivity index (χ2v) is 8.25. The molecule has 3 N–H and O–H groups in total. The molecule has 152 valence electrons. The number of quaternary nitrogens is 1. The zero-order chi connectivity index (χ0) is 20.8. The van der Waals surface area contributed by atoms with Crippen molar-refractivity contribution in [2.24, 2.45) is 0 Å². The zero-order valence-corrected chi connectivity index (χ0v) is 18.1. The summed E-state index contributed by atoms with van der Waals surface area (Å²) in [7, 11) is 0. The Balaban J connectivity index is 1.70. The molecule has 1 heterocycles. The van der Waals surface area contributed by atoms with Crippen LogP contribution >= 0.6 is 23.4 Å². The largest absolute Gasteiger partial charge is 0.346 e. The maximum Gasteiger partial charge on any atom is 0.262 e. The number of nitrogens with one attached hydrogen (secondary N) is 3. The van der Waals surface area contributed by atoms with Crippen LogP contribution in [0.25, 0.3) is 6.08 Å². The summed E-state index contributed by atoms with van der Waals surface area (Å²) in [5.41, 5.74) is 1.98. The van der Waals surface area contributed by atoms with Crippen molar-refractivity contribution < 1.29 is 14.5 Å². The first-order valence-corrected chi connectivity index (χ1v) is 10.9. The maximum atomic E-state index is 12.5. The molecule has 0 aromatic heterocycles. The molecule has 0 fully saturated rings. The highest BCUT2D eigenvalue weighted by Gasteiger charge is 2.22. The summed E-state index contributed by atoms with van der Waals surface area (Å²) in [6, 6.07) is 12.8. The molecule has 2 aromatic rings. The van der Waals surface area contributed by atoms with Gasteiger partial charge in [0.25, 0.3) is 11.8 Å². The number of amides is 2. The van der Waals surface area contributed by atoms with Crippen LogP contribution in [0.5, 0.6) is 0 Å². The predicted octanol–water partition coefficient (Wildman–Crippen LogP) is 3.08. The molecule has 0 spiro atoms. The van der Waals surface area contributed by atoms with Gasteiger partial charge in [-0.15, -0.1) is 0 Å². The monoisotopic (exact) mass is 430 g/mol. The molecule has 2 aromatic carbocycles. The van der Waals surface area contributed by atoms with E-state index in [2.05, 4.69) is 24.5 Å². The zero-order valence-electron chi connectivity index (χ0n) is 16.5. The lowest BCUT2D eigenvalue weighted by molar-refractivity contribution is -0.895. The van der Waals surface area contributed by atoms with Gasteiger partial charge in [0, 0.05) is 15.5 Å². The standard InChI is InChI=1S/C22H24ClN3O2S/c1-3-26(4-2)12-11-24-21(27)16-9-10-19-18(13-16)25-22(28)20(29-19)14-15-7-5-6-8-17(15)23/h5-10,13-14H,3-4,11-12H2,1-2H3,(H,24,27)(H,25,28)/p+1. The van der Waals surface area contributed by atoms with Crippen LogP contribution < -0.4 is 15.5 Å². The topological polar surface area (TPSA) is 62.6 Å². The van der Waals surface area contributed by atoms with Gasteiger partial charge in [-0.1, -0.05) is 41.6 Å². The van der Waals surface area contributed by atoms with Gasteiger partial charge in [0.05, 0.1) is 36.8 Å². The van der Waals surface area contributed by atoms with E-state index in [0.29, 0.717) is 27.7 Å². The first kappa shape index (κ1) is 21.4. The van der Waals surface area contributed by atoms with Crippen molar-refractivity contribution in [3.63, 3.8) is 0 Å². The SMILES string of the molecule is CC[NH+](CC)CCNC(=O)c1ccc2c(c1)NC(=O)C(=Cc1ccccc1Cl)S2. The summed E-state index contributed by atoms with van der Waals surface area (Å²) in [6.45, 7) is 7.88. The lowest BCUT2D eigenvalue weighted by Gasteiger charge is -2.20. The van der Waals surface area contributed by atoms with Crippen LogP contribution in [-0.2, 0) is 4.79 Å². The minimum atomic E-state index is -0.204. The van der Waals surface area contributed by atoms with Crippen LogP contribution in [-0.4, -0.2) is 38.0 Å². The van der Waals surface area contributed by atoms with E-state index in [0.717, 1.165) is 30.1 Å². The van der Waals surface area contributed by atoms with Gasteiger partial charge < -0.3 is 15.5 Å². The summed E-state index contributed by atoms with van der Waals surface area (Å²) < 4.78 is 0. The second kappa shape index (κ2) is 9.96. The molecule has 5 nitrogen and oxygen atoms in total. The maximum absolute atomic E-state index is 12.5. The molecule has 0 aliphatic carbocycles. The average molecular weight is 431 g/mol. The first-order valence-electron chi connectivity index (χ1n) is 9.73. The lowest BCUT2D eigenvalue weighted by Crippen LogP contribution is -3.12.